The van der Waals surface area contributed by atoms with Crippen LogP contribution in [0.1, 0.15) is 51.4 Å². The van der Waals surface area contributed by atoms with Crippen molar-refractivity contribution in [2.75, 3.05) is 19.6 Å². The van der Waals surface area contributed by atoms with Crippen LogP contribution in [-0.4, -0.2) is 42.2 Å². The Labute approximate surface area is 98.8 Å². The fraction of sp³-hybridized carbons (Fsp3) is 1.00. The third kappa shape index (κ3) is 6.12. The van der Waals surface area contributed by atoms with Gasteiger partial charge in [-0.15, -0.1) is 0 Å². The van der Waals surface area contributed by atoms with Gasteiger partial charge in [-0.3, -0.25) is 0 Å². The van der Waals surface area contributed by atoms with Crippen LogP contribution in [-0.2, 0) is 0 Å². The first-order chi connectivity index (χ1) is 6.93. The monoisotopic (exact) mass is 189 g/mol. The maximum absolute atomic E-state index is 2.68. The molecule has 0 aromatic rings. The van der Waals surface area contributed by atoms with E-state index < -0.39 is 0 Å². The van der Waals surface area contributed by atoms with Gasteiger partial charge in [0.2, 0.25) is 0 Å². The number of hydrogen-bond donors (Lipinski definition) is 0. The van der Waals surface area contributed by atoms with Crippen molar-refractivity contribution in [3.05, 3.63) is 0 Å². The molecular weight excluding hydrogens is 165 g/mol. The summed E-state index contributed by atoms with van der Waals surface area (Å²) < 4.78 is 0. The van der Waals surface area contributed by atoms with E-state index in [-0.39, 0.29) is 0 Å². The van der Waals surface area contributed by atoms with E-state index in [2.05, 4.69) is 22.6 Å². The number of nitrogens with zero attached hydrogens (tertiary/aromatic N) is 1. The quantitative estimate of drug-likeness (QED) is 0.458. The van der Waals surface area contributed by atoms with Crippen LogP contribution in [0.25, 0.3) is 0 Å². The second kappa shape index (κ2) is 8.83. The van der Waals surface area contributed by atoms with Crippen molar-refractivity contribution in [3.63, 3.8) is 0 Å². The van der Waals surface area contributed by atoms with E-state index in [0.29, 0.717) is 0 Å². The summed E-state index contributed by atoms with van der Waals surface area (Å²) in [4.78, 5) is 2.68. The molecule has 2 heteroatoms. The topological polar surface area (TPSA) is 3.24 Å². The molecule has 1 rings (SSSR count). The summed E-state index contributed by atoms with van der Waals surface area (Å²) in [5, 5.41) is 1.36. The van der Waals surface area contributed by atoms with Gasteiger partial charge in [-0.2, -0.15) is 0 Å². The van der Waals surface area contributed by atoms with Crippen LogP contribution in [0.4, 0.5) is 0 Å². The Hall–Kier alpha value is 0.557. The zero-order valence-electron chi connectivity index (χ0n) is 9.93. The van der Waals surface area contributed by atoms with Gasteiger partial charge in [0.25, 0.3) is 0 Å². The van der Waals surface area contributed by atoms with Gasteiger partial charge in [0.05, 0.1) is 0 Å². The third-order valence-electron chi connectivity index (χ3n) is 3.28. The van der Waals surface area contributed by atoms with Gasteiger partial charge in [-0.25, -0.2) is 0 Å². The number of unbranched alkanes of at least 4 members (excludes halogenated alkanes) is 3. The number of hydrogen-bond acceptors (Lipinski definition) is 1. The predicted molar refractivity (Wildman–Crippen MR) is 63.9 cm³/mol. The van der Waals surface area contributed by atoms with Gasteiger partial charge in [-0.05, 0) is 0 Å². The van der Waals surface area contributed by atoms with E-state index in [4.69, 9.17) is 0 Å². The molecular formula is C12H24LiN. The van der Waals surface area contributed by atoms with Crippen molar-refractivity contribution in [2.24, 2.45) is 0 Å². The summed E-state index contributed by atoms with van der Waals surface area (Å²) in [7, 11) is 0. The van der Waals surface area contributed by atoms with E-state index in [1.165, 1.54) is 76.1 Å². The van der Waals surface area contributed by atoms with Gasteiger partial charge in [-0.1, -0.05) is 0 Å². The molecule has 78 valence electrons. The average molecular weight is 189 g/mol. The molecule has 0 aliphatic carbocycles. The summed E-state index contributed by atoms with van der Waals surface area (Å²) in [6, 6.07) is 0. The molecule has 0 unspecified atom stereocenters. The first-order valence-electron chi connectivity index (χ1n) is 6.66. The Bertz CT molecular complexity index is 119. The number of likely N-dealkylation sites (tertiary alicyclic amines) is 1. The van der Waals surface area contributed by atoms with Gasteiger partial charge < -0.3 is 0 Å². The Morgan fingerprint density at radius 3 is 2.07 bits per heavy atom. The molecule has 1 nitrogen and oxygen atoms in total. The van der Waals surface area contributed by atoms with Crippen molar-refractivity contribution >= 4 is 17.7 Å². The molecule has 0 aromatic carbocycles. The molecule has 0 radical (unpaired) electrons. The Morgan fingerprint density at radius 1 is 0.786 bits per heavy atom. The maximum atomic E-state index is 2.68. The molecule has 0 aromatic heterocycles. The summed E-state index contributed by atoms with van der Waals surface area (Å²) >= 11 is 2.29. The van der Waals surface area contributed by atoms with Gasteiger partial charge in [0.1, 0.15) is 0 Å². The fourth-order valence-electron chi connectivity index (χ4n) is 2.30. The van der Waals surface area contributed by atoms with Crippen LogP contribution in [0.15, 0.2) is 0 Å². The zero-order chi connectivity index (χ0) is 10.1. The van der Waals surface area contributed by atoms with Crippen LogP contribution in [0, 0.1) is 0 Å². The minimum atomic E-state index is 1.36. The zero-order valence-corrected chi connectivity index (χ0v) is 9.93. The summed E-state index contributed by atoms with van der Waals surface area (Å²) in [5.74, 6) is 0. The molecule has 0 atom stereocenters. The molecule has 1 aliphatic rings. The molecule has 0 bridgehead atoms. The average Bonchev–Trinajstić information content (AvgIpc) is 2.46. The van der Waals surface area contributed by atoms with Crippen molar-refractivity contribution in [1.29, 1.82) is 0 Å². The molecule has 1 heterocycles. The van der Waals surface area contributed by atoms with Gasteiger partial charge >= 0.3 is 98.7 Å². The first kappa shape index (κ1) is 12.6. The van der Waals surface area contributed by atoms with E-state index in [0.717, 1.165) is 0 Å². The molecule has 14 heavy (non-hydrogen) atoms. The van der Waals surface area contributed by atoms with Crippen molar-refractivity contribution in [3.8, 4) is 0 Å². The summed E-state index contributed by atoms with van der Waals surface area (Å²) in [6.07, 6.45) is 11.6. The first-order valence-corrected chi connectivity index (χ1v) is 6.66. The Kier molecular flexibility index (Phi) is 7.97. The molecule has 0 N–H and O–H groups in total. The van der Waals surface area contributed by atoms with Crippen LogP contribution in [0.5, 0.6) is 0 Å². The van der Waals surface area contributed by atoms with Crippen LogP contribution in [0.3, 0.4) is 0 Å². The second-order valence-electron chi connectivity index (χ2n) is 4.67. The Balaban J connectivity index is 1.93. The van der Waals surface area contributed by atoms with E-state index in [1.807, 2.05) is 0 Å². The molecule has 0 spiro atoms. The Morgan fingerprint density at radius 2 is 1.43 bits per heavy atom. The molecule has 0 amide bonds. The SMILES string of the molecule is [Li][CH2]CCCCCN1CCCCCC1. The molecule has 1 saturated heterocycles. The predicted octanol–water partition coefficient (Wildman–Crippen LogP) is 3.01. The standard InChI is InChI=1S/C12H24N.Li/c1-2-3-4-7-10-13-11-8-5-6-9-12-13;/h1-12H2;. The van der Waals surface area contributed by atoms with Gasteiger partial charge in [0.15, 0.2) is 0 Å². The summed E-state index contributed by atoms with van der Waals surface area (Å²) in [5.41, 5.74) is 0. The van der Waals surface area contributed by atoms with Crippen molar-refractivity contribution < 1.29 is 0 Å². The van der Waals surface area contributed by atoms with Crippen LogP contribution < -0.4 is 0 Å². The number of rotatable bonds is 6. The van der Waals surface area contributed by atoms with E-state index >= 15 is 0 Å². The van der Waals surface area contributed by atoms with Crippen LogP contribution >= 0.6 is 0 Å². The minimum absolute atomic E-state index is 1.36. The second-order valence-corrected chi connectivity index (χ2v) is 4.67. The third-order valence-corrected chi connectivity index (χ3v) is 3.28. The van der Waals surface area contributed by atoms with Gasteiger partial charge in [0, 0.05) is 0 Å². The molecule has 1 fully saturated rings. The molecule has 0 saturated carbocycles. The van der Waals surface area contributed by atoms with E-state index in [9.17, 15) is 0 Å². The van der Waals surface area contributed by atoms with Crippen molar-refractivity contribution in [2.45, 2.75) is 56.5 Å². The summed E-state index contributed by atoms with van der Waals surface area (Å²) in [6.45, 7) is 4.10. The van der Waals surface area contributed by atoms with E-state index in [1.54, 1.807) is 0 Å². The molecule has 1 aliphatic heterocycles. The van der Waals surface area contributed by atoms with Crippen LogP contribution in [0.2, 0.25) is 5.09 Å². The fourth-order valence-corrected chi connectivity index (χ4v) is 2.30. The normalized spacial score (nSPS) is 19.6. The van der Waals surface area contributed by atoms with Crippen molar-refractivity contribution in [1.82, 2.24) is 4.90 Å².